The van der Waals surface area contributed by atoms with Crippen molar-refractivity contribution in [3.05, 3.63) is 34.8 Å². The second-order valence-corrected chi connectivity index (χ2v) is 4.66. The van der Waals surface area contributed by atoms with Gasteiger partial charge in [-0.1, -0.05) is 0 Å². The van der Waals surface area contributed by atoms with Gasteiger partial charge in [-0.15, -0.1) is 5.10 Å². The highest BCUT2D eigenvalue weighted by Gasteiger charge is 2.61. The first-order valence-corrected chi connectivity index (χ1v) is 6.22. The standard InChI is InChI=1S/C11H7BrF5N3O/c1-6-18-9(12)19-20(6)7-2-4-8(5-3-7)21-11(16,17)10(13,14)15/h2-5H,1H3. The molecule has 1 heterocycles. The van der Waals surface area contributed by atoms with Crippen molar-refractivity contribution < 1.29 is 26.7 Å². The van der Waals surface area contributed by atoms with Crippen molar-refractivity contribution in [3.8, 4) is 11.4 Å². The lowest BCUT2D eigenvalue weighted by Crippen LogP contribution is -2.41. The molecule has 0 aliphatic heterocycles. The summed E-state index contributed by atoms with van der Waals surface area (Å²) in [5, 5.41) is 3.98. The van der Waals surface area contributed by atoms with Crippen LogP contribution in [0.2, 0.25) is 0 Å². The zero-order valence-electron chi connectivity index (χ0n) is 10.3. The highest BCUT2D eigenvalue weighted by atomic mass is 79.9. The number of halogens is 6. The highest BCUT2D eigenvalue weighted by Crippen LogP contribution is 2.37. The van der Waals surface area contributed by atoms with Crippen molar-refractivity contribution in [2.24, 2.45) is 0 Å². The smallest absolute Gasteiger partial charge is 0.426 e. The Kier molecular flexibility index (Phi) is 3.91. The number of aromatic nitrogens is 3. The minimum atomic E-state index is -5.78. The molecule has 10 heteroatoms. The van der Waals surface area contributed by atoms with E-state index in [0.717, 1.165) is 12.1 Å². The fraction of sp³-hybridized carbons (Fsp3) is 0.273. The Labute approximate surface area is 123 Å². The van der Waals surface area contributed by atoms with Gasteiger partial charge in [0.15, 0.2) is 0 Å². The summed E-state index contributed by atoms with van der Waals surface area (Å²) in [5.41, 5.74) is 0.438. The van der Waals surface area contributed by atoms with Crippen molar-refractivity contribution in [2.75, 3.05) is 0 Å². The Balaban J connectivity index is 2.22. The third-order valence-electron chi connectivity index (χ3n) is 2.40. The molecule has 21 heavy (non-hydrogen) atoms. The monoisotopic (exact) mass is 371 g/mol. The van der Waals surface area contributed by atoms with Gasteiger partial charge in [-0.2, -0.15) is 22.0 Å². The molecule has 0 atom stereocenters. The molecule has 2 rings (SSSR count). The topological polar surface area (TPSA) is 39.9 Å². The van der Waals surface area contributed by atoms with Gasteiger partial charge in [-0.25, -0.2) is 9.67 Å². The fourth-order valence-electron chi connectivity index (χ4n) is 1.46. The minimum Gasteiger partial charge on any atom is -0.426 e. The van der Waals surface area contributed by atoms with Gasteiger partial charge >= 0.3 is 12.3 Å². The number of hydrogen-bond acceptors (Lipinski definition) is 3. The molecule has 0 saturated carbocycles. The van der Waals surface area contributed by atoms with Gasteiger partial charge in [-0.3, -0.25) is 0 Å². The molecule has 0 spiro atoms. The minimum absolute atomic E-state index is 0.323. The number of nitrogens with zero attached hydrogens (tertiary/aromatic N) is 3. The van der Waals surface area contributed by atoms with Crippen LogP contribution in [-0.4, -0.2) is 27.0 Å². The van der Waals surface area contributed by atoms with Gasteiger partial charge in [0.05, 0.1) is 5.69 Å². The Bertz CT molecular complexity index is 638. The molecule has 114 valence electrons. The Morgan fingerprint density at radius 1 is 1.10 bits per heavy atom. The van der Waals surface area contributed by atoms with Crippen LogP contribution in [0.5, 0.6) is 5.75 Å². The summed E-state index contributed by atoms with van der Waals surface area (Å²) in [4.78, 5) is 3.97. The summed E-state index contributed by atoms with van der Waals surface area (Å²) < 4.78 is 66.9. The molecule has 4 nitrogen and oxygen atoms in total. The molecule has 0 aliphatic carbocycles. The molecule has 2 aromatic rings. The fourth-order valence-corrected chi connectivity index (χ4v) is 1.88. The van der Waals surface area contributed by atoms with E-state index < -0.39 is 18.0 Å². The number of aryl methyl sites for hydroxylation is 1. The van der Waals surface area contributed by atoms with E-state index in [4.69, 9.17) is 0 Å². The summed E-state index contributed by atoms with van der Waals surface area (Å²) in [5.74, 6) is -0.103. The maximum Gasteiger partial charge on any atom is 0.499 e. The largest absolute Gasteiger partial charge is 0.499 e. The van der Waals surface area contributed by atoms with Crippen LogP contribution in [0.15, 0.2) is 29.0 Å². The van der Waals surface area contributed by atoms with Crippen LogP contribution in [0, 0.1) is 6.92 Å². The molecular formula is C11H7BrF5N3O. The van der Waals surface area contributed by atoms with E-state index in [9.17, 15) is 22.0 Å². The third kappa shape index (κ3) is 3.31. The number of benzene rings is 1. The lowest BCUT2D eigenvalue weighted by molar-refractivity contribution is -0.360. The second kappa shape index (κ2) is 5.24. The molecule has 0 aliphatic rings. The maximum atomic E-state index is 12.7. The zero-order valence-corrected chi connectivity index (χ0v) is 11.9. The molecule has 0 N–H and O–H groups in total. The predicted molar refractivity (Wildman–Crippen MR) is 65.4 cm³/mol. The van der Waals surface area contributed by atoms with Crippen molar-refractivity contribution in [2.45, 2.75) is 19.2 Å². The molecule has 0 saturated heterocycles. The Hall–Kier alpha value is -1.71. The normalized spacial score (nSPS) is 12.5. The number of alkyl halides is 5. The molecule has 0 bridgehead atoms. The van der Waals surface area contributed by atoms with E-state index >= 15 is 0 Å². The van der Waals surface area contributed by atoms with E-state index in [1.165, 1.54) is 16.8 Å². The van der Waals surface area contributed by atoms with Crippen molar-refractivity contribution in [1.82, 2.24) is 14.8 Å². The van der Waals surface area contributed by atoms with E-state index in [2.05, 4.69) is 30.7 Å². The number of hydrogen-bond donors (Lipinski definition) is 0. The van der Waals surface area contributed by atoms with Crippen LogP contribution < -0.4 is 4.74 Å². The number of rotatable bonds is 3. The Morgan fingerprint density at radius 2 is 1.67 bits per heavy atom. The first-order chi connectivity index (χ1) is 9.60. The first-order valence-electron chi connectivity index (χ1n) is 5.43. The molecule has 0 fully saturated rings. The van der Waals surface area contributed by atoms with Crippen LogP contribution in [0.25, 0.3) is 5.69 Å². The zero-order chi connectivity index (χ0) is 15.8. The van der Waals surface area contributed by atoms with Crippen molar-refractivity contribution >= 4 is 15.9 Å². The molecular weight excluding hydrogens is 365 g/mol. The molecule has 0 unspecified atom stereocenters. The molecule has 1 aromatic heterocycles. The first kappa shape index (κ1) is 15.7. The summed E-state index contributed by atoms with van der Waals surface area (Å²) in [7, 11) is 0. The van der Waals surface area contributed by atoms with Crippen LogP contribution in [0.1, 0.15) is 5.82 Å². The van der Waals surface area contributed by atoms with Gasteiger partial charge in [0.2, 0.25) is 4.73 Å². The van der Waals surface area contributed by atoms with E-state index in [1.807, 2.05) is 0 Å². The van der Waals surface area contributed by atoms with Gasteiger partial charge in [0.25, 0.3) is 0 Å². The summed E-state index contributed by atoms with van der Waals surface area (Å²) in [6.45, 7) is 1.65. The molecule has 0 radical (unpaired) electrons. The molecule has 1 aromatic carbocycles. The van der Waals surface area contributed by atoms with E-state index in [-0.39, 0.29) is 0 Å². The summed E-state index contributed by atoms with van der Waals surface area (Å²) in [6, 6.07) is 4.56. The van der Waals surface area contributed by atoms with Gasteiger partial charge in [-0.05, 0) is 47.1 Å². The highest BCUT2D eigenvalue weighted by molar-refractivity contribution is 9.10. The van der Waals surface area contributed by atoms with Gasteiger partial charge < -0.3 is 4.74 Å². The van der Waals surface area contributed by atoms with Gasteiger partial charge in [0, 0.05) is 0 Å². The van der Waals surface area contributed by atoms with Gasteiger partial charge in [0.1, 0.15) is 11.6 Å². The van der Waals surface area contributed by atoms with Crippen molar-refractivity contribution in [1.29, 1.82) is 0 Å². The summed E-state index contributed by atoms with van der Waals surface area (Å²) in [6.07, 6.45) is -11.0. The SMILES string of the molecule is Cc1nc(Br)nn1-c1ccc(OC(F)(F)C(F)(F)F)cc1. The Morgan fingerprint density at radius 3 is 2.10 bits per heavy atom. The lowest BCUT2D eigenvalue weighted by Gasteiger charge is -2.20. The summed E-state index contributed by atoms with van der Waals surface area (Å²) >= 11 is 3.06. The van der Waals surface area contributed by atoms with Crippen LogP contribution in [-0.2, 0) is 0 Å². The average molecular weight is 372 g/mol. The second-order valence-electron chi connectivity index (χ2n) is 3.95. The number of ether oxygens (including phenoxy) is 1. The maximum absolute atomic E-state index is 12.7. The average Bonchev–Trinajstić information content (AvgIpc) is 2.67. The predicted octanol–water partition coefficient (Wildman–Crippen LogP) is 3.87. The van der Waals surface area contributed by atoms with E-state index in [0.29, 0.717) is 16.2 Å². The van der Waals surface area contributed by atoms with Crippen LogP contribution >= 0.6 is 15.9 Å². The molecule has 0 amide bonds. The van der Waals surface area contributed by atoms with Crippen LogP contribution in [0.3, 0.4) is 0 Å². The van der Waals surface area contributed by atoms with Crippen LogP contribution in [0.4, 0.5) is 22.0 Å². The van der Waals surface area contributed by atoms with Crippen molar-refractivity contribution in [3.63, 3.8) is 0 Å². The quantitative estimate of drug-likeness (QED) is 0.768. The third-order valence-corrected chi connectivity index (χ3v) is 2.74. The van der Waals surface area contributed by atoms with E-state index in [1.54, 1.807) is 6.92 Å². The lowest BCUT2D eigenvalue weighted by atomic mass is 10.3.